The van der Waals surface area contributed by atoms with E-state index in [0.29, 0.717) is 47.5 Å². The summed E-state index contributed by atoms with van der Waals surface area (Å²) in [5.74, 6) is 0.913. The Morgan fingerprint density at radius 3 is 2.55 bits per heavy atom. The molecule has 7 nitrogen and oxygen atoms in total. The Kier molecular flexibility index (Phi) is 6.54. The first-order valence-corrected chi connectivity index (χ1v) is 11.4. The number of sulfonamides is 1. The van der Waals surface area contributed by atoms with Crippen LogP contribution in [0, 0.1) is 6.92 Å². The van der Waals surface area contributed by atoms with Gasteiger partial charge in [-0.25, -0.2) is 8.42 Å². The van der Waals surface area contributed by atoms with Crippen molar-refractivity contribution in [2.45, 2.75) is 19.8 Å². The van der Waals surface area contributed by atoms with Crippen molar-refractivity contribution in [2.24, 2.45) is 0 Å². The van der Waals surface area contributed by atoms with Crippen molar-refractivity contribution in [2.75, 3.05) is 35.6 Å². The lowest BCUT2D eigenvalue weighted by Gasteiger charge is -2.25. The molecule has 0 aromatic heterocycles. The molecule has 0 aliphatic carbocycles. The van der Waals surface area contributed by atoms with E-state index < -0.39 is 10.0 Å². The van der Waals surface area contributed by atoms with E-state index >= 15 is 0 Å². The molecule has 0 atom stereocenters. The predicted molar refractivity (Wildman–Crippen MR) is 114 cm³/mol. The molecular formula is C20H23ClN2O5S. The number of benzene rings is 2. The van der Waals surface area contributed by atoms with Crippen LogP contribution in [0.1, 0.15) is 18.4 Å². The lowest BCUT2D eigenvalue weighted by molar-refractivity contribution is -0.116. The number of amides is 1. The van der Waals surface area contributed by atoms with Gasteiger partial charge in [0, 0.05) is 29.7 Å². The van der Waals surface area contributed by atoms with E-state index in [1.54, 1.807) is 36.4 Å². The molecule has 9 heteroatoms. The van der Waals surface area contributed by atoms with Crippen LogP contribution in [0.3, 0.4) is 0 Å². The number of halogens is 1. The fourth-order valence-electron chi connectivity index (χ4n) is 3.04. The van der Waals surface area contributed by atoms with E-state index in [1.165, 1.54) is 4.31 Å². The second kappa shape index (κ2) is 8.92. The summed E-state index contributed by atoms with van der Waals surface area (Å²) in [6.07, 6.45) is 1.68. The van der Waals surface area contributed by atoms with Gasteiger partial charge in [0.25, 0.3) is 0 Å². The number of nitrogens with zero attached hydrogens (tertiary/aromatic N) is 1. The number of nitrogens with one attached hydrogen (secondary N) is 1. The number of aryl methyl sites for hydroxylation is 1. The largest absolute Gasteiger partial charge is 0.486 e. The predicted octanol–water partition coefficient (Wildman–Crippen LogP) is 3.60. The van der Waals surface area contributed by atoms with Crippen molar-refractivity contribution in [1.29, 1.82) is 0 Å². The third-order valence-electron chi connectivity index (χ3n) is 4.44. The van der Waals surface area contributed by atoms with Crippen LogP contribution in [0.2, 0.25) is 5.02 Å². The molecule has 0 saturated carbocycles. The molecule has 29 heavy (non-hydrogen) atoms. The molecule has 3 rings (SSSR count). The average Bonchev–Trinajstić information content (AvgIpc) is 2.66. The fourth-order valence-corrected chi connectivity index (χ4v) is 4.22. The fraction of sp³-hybridized carbons (Fsp3) is 0.350. The highest BCUT2D eigenvalue weighted by atomic mass is 35.5. The number of hydrogen-bond acceptors (Lipinski definition) is 5. The molecule has 1 aliphatic rings. The van der Waals surface area contributed by atoms with Crippen molar-refractivity contribution in [3.05, 3.63) is 47.0 Å². The maximum Gasteiger partial charge on any atom is 0.232 e. The van der Waals surface area contributed by atoms with Crippen LogP contribution < -0.4 is 19.1 Å². The third kappa shape index (κ3) is 5.55. The van der Waals surface area contributed by atoms with Crippen LogP contribution >= 0.6 is 11.6 Å². The van der Waals surface area contributed by atoms with Crippen LogP contribution in [0.4, 0.5) is 11.4 Å². The van der Waals surface area contributed by atoms with Crippen LogP contribution in [-0.2, 0) is 14.8 Å². The van der Waals surface area contributed by atoms with Crippen LogP contribution in [0.15, 0.2) is 36.4 Å². The minimum atomic E-state index is -3.52. The molecule has 2 aromatic carbocycles. The van der Waals surface area contributed by atoms with Gasteiger partial charge in [0.15, 0.2) is 11.5 Å². The van der Waals surface area contributed by atoms with E-state index in [4.69, 9.17) is 21.1 Å². The third-order valence-corrected chi connectivity index (χ3v) is 5.87. The van der Waals surface area contributed by atoms with Crippen molar-refractivity contribution in [1.82, 2.24) is 0 Å². The molecular weight excluding hydrogens is 416 g/mol. The van der Waals surface area contributed by atoms with Gasteiger partial charge in [-0.15, -0.1) is 0 Å². The molecule has 0 saturated heterocycles. The van der Waals surface area contributed by atoms with Gasteiger partial charge in [-0.05, 0) is 49.2 Å². The Balaban J connectivity index is 1.63. The number of carbonyl (C=O) groups is 1. The molecule has 0 radical (unpaired) electrons. The topological polar surface area (TPSA) is 84.9 Å². The number of fused-ring (bicyclic) bond motifs is 1. The summed E-state index contributed by atoms with van der Waals surface area (Å²) >= 11 is 5.93. The lowest BCUT2D eigenvalue weighted by atomic mass is 10.2. The second-order valence-corrected chi connectivity index (χ2v) is 9.12. The van der Waals surface area contributed by atoms with Gasteiger partial charge < -0.3 is 14.8 Å². The molecule has 1 aliphatic heterocycles. The first-order valence-electron chi connectivity index (χ1n) is 9.17. The normalized spacial score (nSPS) is 13.1. The highest BCUT2D eigenvalue weighted by Crippen LogP contribution is 2.34. The molecule has 2 aromatic rings. The molecule has 0 spiro atoms. The van der Waals surface area contributed by atoms with Gasteiger partial charge >= 0.3 is 0 Å². The minimum Gasteiger partial charge on any atom is -0.486 e. The minimum absolute atomic E-state index is 0.172. The Morgan fingerprint density at radius 1 is 1.14 bits per heavy atom. The SMILES string of the molecule is Cc1cc(Cl)ccc1NC(=O)CCCN(c1ccc2c(c1)OCCO2)S(C)(=O)=O. The summed E-state index contributed by atoms with van der Waals surface area (Å²) in [5, 5.41) is 3.43. The maximum atomic E-state index is 12.3. The molecule has 1 amide bonds. The number of carbonyl (C=O) groups excluding carboxylic acids is 1. The van der Waals surface area contributed by atoms with E-state index in [1.807, 2.05) is 6.92 Å². The summed E-state index contributed by atoms with van der Waals surface area (Å²) in [4.78, 5) is 12.3. The smallest absolute Gasteiger partial charge is 0.232 e. The van der Waals surface area contributed by atoms with E-state index in [9.17, 15) is 13.2 Å². The van der Waals surface area contributed by atoms with Crippen LogP contribution in [0.25, 0.3) is 0 Å². The van der Waals surface area contributed by atoms with Gasteiger partial charge in [0.05, 0.1) is 11.9 Å². The molecule has 0 unspecified atom stereocenters. The summed E-state index contributed by atoms with van der Waals surface area (Å²) in [6.45, 7) is 2.91. The summed E-state index contributed by atoms with van der Waals surface area (Å²) in [7, 11) is -3.52. The molecule has 0 fully saturated rings. The number of anilines is 2. The van der Waals surface area contributed by atoms with Gasteiger partial charge in [-0.1, -0.05) is 11.6 Å². The quantitative estimate of drug-likeness (QED) is 0.713. The van der Waals surface area contributed by atoms with Crippen molar-refractivity contribution < 1.29 is 22.7 Å². The van der Waals surface area contributed by atoms with Gasteiger partial charge in [0.1, 0.15) is 13.2 Å². The lowest BCUT2D eigenvalue weighted by Crippen LogP contribution is -2.31. The maximum absolute atomic E-state index is 12.3. The molecule has 1 N–H and O–H groups in total. The molecule has 0 bridgehead atoms. The van der Waals surface area contributed by atoms with E-state index in [-0.39, 0.29) is 18.9 Å². The highest BCUT2D eigenvalue weighted by Gasteiger charge is 2.21. The van der Waals surface area contributed by atoms with Gasteiger partial charge in [-0.2, -0.15) is 0 Å². The zero-order valence-corrected chi connectivity index (χ0v) is 17.8. The first kappa shape index (κ1) is 21.3. The van der Waals surface area contributed by atoms with Crippen molar-refractivity contribution >= 4 is 38.9 Å². The zero-order valence-electron chi connectivity index (χ0n) is 16.3. The van der Waals surface area contributed by atoms with Crippen LogP contribution in [0.5, 0.6) is 11.5 Å². The monoisotopic (exact) mass is 438 g/mol. The van der Waals surface area contributed by atoms with E-state index in [0.717, 1.165) is 11.8 Å². The molecule has 156 valence electrons. The first-order chi connectivity index (χ1) is 13.7. The summed E-state index contributed by atoms with van der Waals surface area (Å²) in [5.41, 5.74) is 2.02. The Bertz CT molecular complexity index is 1010. The Hall–Kier alpha value is -2.45. The van der Waals surface area contributed by atoms with E-state index in [2.05, 4.69) is 5.32 Å². The number of rotatable bonds is 7. The Labute approximate surface area is 175 Å². The summed E-state index contributed by atoms with van der Waals surface area (Å²) in [6, 6.07) is 10.2. The van der Waals surface area contributed by atoms with Crippen LogP contribution in [-0.4, -0.2) is 40.3 Å². The number of ether oxygens (including phenoxy) is 2. The van der Waals surface area contributed by atoms with Gasteiger partial charge in [0.2, 0.25) is 15.9 Å². The summed E-state index contributed by atoms with van der Waals surface area (Å²) < 4.78 is 36.8. The highest BCUT2D eigenvalue weighted by molar-refractivity contribution is 7.92. The standard InChI is InChI=1S/C20H23ClN2O5S/c1-14-12-15(21)5-7-17(14)22-20(24)4-3-9-23(29(2,25)26)16-6-8-18-19(13-16)28-11-10-27-18/h5-8,12-13H,3-4,9-11H2,1-2H3,(H,22,24). The van der Waals surface area contributed by atoms with Crippen molar-refractivity contribution in [3.63, 3.8) is 0 Å². The van der Waals surface area contributed by atoms with Crippen molar-refractivity contribution in [3.8, 4) is 11.5 Å². The molecule has 1 heterocycles. The number of hydrogen-bond donors (Lipinski definition) is 1. The Morgan fingerprint density at radius 2 is 1.86 bits per heavy atom. The second-order valence-electron chi connectivity index (χ2n) is 6.77. The van der Waals surface area contributed by atoms with Gasteiger partial charge in [-0.3, -0.25) is 9.10 Å². The zero-order chi connectivity index (χ0) is 21.0. The average molecular weight is 439 g/mol.